The number of rotatable bonds is 3. The number of carbonyl (C=O) groups is 1. The number of carbonyl (C=O) groups excluding carboxylic acids is 1. The van der Waals surface area contributed by atoms with Gasteiger partial charge in [0.25, 0.3) is 5.91 Å². The van der Waals surface area contributed by atoms with E-state index in [2.05, 4.69) is 10.3 Å². The maximum atomic E-state index is 14.8. The highest BCUT2D eigenvalue weighted by molar-refractivity contribution is 6.39. The minimum absolute atomic E-state index is 0.187. The molecular formula is C25H16Cl3FN2O2. The predicted molar refractivity (Wildman–Crippen MR) is 129 cm³/mol. The van der Waals surface area contributed by atoms with Crippen LogP contribution < -0.4 is 10.1 Å². The Hall–Kier alpha value is -2.86. The maximum Gasteiger partial charge on any atom is 0.254 e. The number of hydrogen-bond donors (Lipinski definition) is 1. The molecule has 1 aliphatic heterocycles. The van der Waals surface area contributed by atoms with E-state index in [-0.39, 0.29) is 28.1 Å². The van der Waals surface area contributed by atoms with Crippen molar-refractivity contribution in [1.82, 2.24) is 10.3 Å². The summed E-state index contributed by atoms with van der Waals surface area (Å²) >= 11 is 18.9. The summed E-state index contributed by atoms with van der Waals surface area (Å²) < 4.78 is 20.5. The van der Waals surface area contributed by atoms with Gasteiger partial charge in [0.05, 0.1) is 28.8 Å². The van der Waals surface area contributed by atoms with Crippen LogP contribution in [0.5, 0.6) is 5.75 Å². The zero-order chi connectivity index (χ0) is 23.1. The molecule has 1 aliphatic rings. The molecule has 0 unspecified atom stereocenters. The molecule has 0 bridgehead atoms. The van der Waals surface area contributed by atoms with Crippen LogP contribution in [0.2, 0.25) is 15.1 Å². The number of nitrogens with one attached hydrogen (secondary N) is 1. The number of pyridine rings is 1. The molecule has 1 amide bonds. The van der Waals surface area contributed by atoms with Crippen LogP contribution in [0.1, 0.15) is 28.4 Å². The molecule has 1 atom stereocenters. The van der Waals surface area contributed by atoms with E-state index >= 15 is 0 Å². The number of fused-ring (bicyclic) bond motifs is 2. The molecule has 8 heteroatoms. The van der Waals surface area contributed by atoms with Gasteiger partial charge in [-0.1, -0.05) is 53.0 Å². The Labute approximate surface area is 204 Å². The summed E-state index contributed by atoms with van der Waals surface area (Å²) in [4.78, 5) is 17.5. The summed E-state index contributed by atoms with van der Waals surface area (Å²) in [5.74, 6) is -0.120. The largest absolute Gasteiger partial charge is 0.493 e. The number of ether oxygens (including phenoxy) is 1. The van der Waals surface area contributed by atoms with Crippen LogP contribution in [0, 0.1) is 5.82 Å². The quantitative estimate of drug-likeness (QED) is 0.321. The molecular weight excluding hydrogens is 486 g/mol. The Morgan fingerprint density at radius 1 is 1.06 bits per heavy atom. The van der Waals surface area contributed by atoms with Crippen molar-refractivity contribution in [3.05, 3.63) is 92.8 Å². The van der Waals surface area contributed by atoms with Crippen molar-refractivity contribution in [2.24, 2.45) is 0 Å². The summed E-state index contributed by atoms with van der Waals surface area (Å²) in [6.45, 7) is 0.497. The van der Waals surface area contributed by atoms with Gasteiger partial charge in [-0.15, -0.1) is 0 Å². The van der Waals surface area contributed by atoms with E-state index in [1.807, 2.05) is 24.3 Å². The van der Waals surface area contributed by atoms with Gasteiger partial charge in [0, 0.05) is 39.2 Å². The summed E-state index contributed by atoms with van der Waals surface area (Å²) in [5, 5.41) is 4.39. The molecule has 0 saturated heterocycles. The lowest BCUT2D eigenvalue weighted by molar-refractivity contribution is 0.0924. The third-order valence-corrected chi connectivity index (χ3v) is 6.43. The Bertz CT molecular complexity index is 1390. The molecule has 4 aromatic rings. The Morgan fingerprint density at radius 2 is 1.82 bits per heavy atom. The lowest BCUT2D eigenvalue weighted by Gasteiger charge is -2.26. The second kappa shape index (κ2) is 8.82. The van der Waals surface area contributed by atoms with E-state index in [4.69, 9.17) is 39.5 Å². The van der Waals surface area contributed by atoms with Crippen molar-refractivity contribution in [2.75, 3.05) is 6.61 Å². The smallest absolute Gasteiger partial charge is 0.254 e. The van der Waals surface area contributed by atoms with Gasteiger partial charge >= 0.3 is 0 Å². The second-order valence-corrected chi connectivity index (χ2v) is 8.91. The molecule has 4 nitrogen and oxygen atoms in total. The average molecular weight is 502 g/mol. The lowest BCUT2D eigenvalue weighted by atomic mass is 9.99. The van der Waals surface area contributed by atoms with Crippen LogP contribution in [0.25, 0.3) is 22.0 Å². The first-order chi connectivity index (χ1) is 15.9. The number of aromatic nitrogens is 1. The van der Waals surface area contributed by atoms with Crippen molar-refractivity contribution >= 4 is 51.6 Å². The molecule has 0 aliphatic carbocycles. The van der Waals surface area contributed by atoms with Crippen molar-refractivity contribution < 1.29 is 13.9 Å². The van der Waals surface area contributed by atoms with E-state index in [0.29, 0.717) is 39.5 Å². The first-order valence-electron chi connectivity index (χ1n) is 10.2. The molecule has 1 aromatic heterocycles. The monoisotopic (exact) mass is 500 g/mol. The van der Waals surface area contributed by atoms with Crippen molar-refractivity contribution in [3.8, 4) is 16.9 Å². The zero-order valence-corrected chi connectivity index (χ0v) is 19.3. The predicted octanol–water partition coefficient (Wildman–Crippen LogP) is 7.25. The van der Waals surface area contributed by atoms with Gasteiger partial charge < -0.3 is 10.1 Å². The van der Waals surface area contributed by atoms with E-state index in [1.165, 1.54) is 18.3 Å². The van der Waals surface area contributed by atoms with Crippen LogP contribution in [-0.4, -0.2) is 17.5 Å². The maximum absolute atomic E-state index is 14.8. The van der Waals surface area contributed by atoms with Gasteiger partial charge in [-0.25, -0.2) is 4.39 Å². The standard InChI is InChI=1S/C25H16Cl3FN2O2/c26-14-9-13(10-15(27)11-14)22-19(29)6-5-17-23(28)18(12-30-24(17)22)25(32)31-20-7-8-33-21-4-2-1-3-16(20)21/h1-6,9-12,20H,7-8H2,(H,31,32)/t20-/m0/s1. The first-order valence-corrected chi connectivity index (χ1v) is 11.3. The van der Waals surface area contributed by atoms with Crippen LogP contribution in [0.4, 0.5) is 4.39 Å². The molecule has 0 fully saturated rings. The summed E-state index contributed by atoms with van der Waals surface area (Å²) in [5.41, 5.74) is 2.10. The molecule has 2 heterocycles. The van der Waals surface area contributed by atoms with Gasteiger partial charge in [0.2, 0.25) is 0 Å². The van der Waals surface area contributed by atoms with Crippen LogP contribution in [-0.2, 0) is 0 Å². The van der Waals surface area contributed by atoms with Crippen LogP contribution in [0.3, 0.4) is 0 Å². The molecule has 1 N–H and O–H groups in total. The highest BCUT2D eigenvalue weighted by Gasteiger charge is 2.25. The third kappa shape index (κ3) is 4.12. The van der Waals surface area contributed by atoms with Gasteiger partial charge in [0.1, 0.15) is 11.6 Å². The number of amides is 1. The zero-order valence-electron chi connectivity index (χ0n) is 17.0. The average Bonchev–Trinajstić information content (AvgIpc) is 2.78. The topological polar surface area (TPSA) is 51.2 Å². The van der Waals surface area contributed by atoms with E-state index in [0.717, 1.165) is 11.3 Å². The minimum Gasteiger partial charge on any atom is -0.493 e. The number of nitrogens with zero attached hydrogens (tertiary/aromatic N) is 1. The molecule has 166 valence electrons. The fraction of sp³-hybridized carbons (Fsp3) is 0.120. The normalized spacial score (nSPS) is 15.1. The number of benzene rings is 3. The second-order valence-electron chi connectivity index (χ2n) is 7.66. The van der Waals surface area contributed by atoms with Crippen molar-refractivity contribution in [3.63, 3.8) is 0 Å². The van der Waals surface area contributed by atoms with E-state index in [9.17, 15) is 9.18 Å². The SMILES string of the molecule is O=C(N[C@H]1CCOc2ccccc21)c1cnc2c(-c3cc(Cl)cc(Cl)c3)c(F)ccc2c1Cl. The van der Waals surface area contributed by atoms with Gasteiger partial charge in [0.15, 0.2) is 0 Å². The molecule has 0 spiro atoms. The summed E-state index contributed by atoms with van der Waals surface area (Å²) in [7, 11) is 0. The fourth-order valence-corrected chi connectivity index (χ4v) is 4.88. The minimum atomic E-state index is -0.500. The van der Waals surface area contributed by atoms with Crippen molar-refractivity contribution in [2.45, 2.75) is 12.5 Å². The first kappa shape index (κ1) is 22.0. The molecule has 0 saturated carbocycles. The molecule has 33 heavy (non-hydrogen) atoms. The van der Waals surface area contributed by atoms with Gasteiger partial charge in [-0.05, 0) is 42.0 Å². The number of para-hydroxylation sites is 1. The molecule has 5 rings (SSSR count). The fourth-order valence-electron chi connectivity index (χ4n) is 4.07. The van der Waals surface area contributed by atoms with E-state index in [1.54, 1.807) is 18.2 Å². The third-order valence-electron chi connectivity index (χ3n) is 5.58. The van der Waals surface area contributed by atoms with Crippen molar-refractivity contribution in [1.29, 1.82) is 0 Å². The van der Waals surface area contributed by atoms with Crippen LogP contribution in [0.15, 0.2) is 60.8 Å². The lowest BCUT2D eigenvalue weighted by Crippen LogP contribution is -2.32. The van der Waals surface area contributed by atoms with Gasteiger partial charge in [-0.3, -0.25) is 9.78 Å². The number of halogens is 4. The molecule has 0 radical (unpaired) electrons. The Morgan fingerprint density at radius 3 is 2.61 bits per heavy atom. The van der Waals surface area contributed by atoms with Crippen LogP contribution >= 0.6 is 34.8 Å². The Balaban J connectivity index is 1.54. The summed E-state index contributed by atoms with van der Waals surface area (Å²) in [6, 6.07) is 14.9. The summed E-state index contributed by atoms with van der Waals surface area (Å²) in [6.07, 6.45) is 1.99. The highest BCUT2D eigenvalue weighted by Crippen LogP contribution is 2.37. The number of hydrogen-bond acceptors (Lipinski definition) is 3. The highest BCUT2D eigenvalue weighted by atomic mass is 35.5. The van der Waals surface area contributed by atoms with E-state index < -0.39 is 5.82 Å². The van der Waals surface area contributed by atoms with Gasteiger partial charge in [-0.2, -0.15) is 0 Å². The Kier molecular flexibility index (Phi) is 5.87. The molecule has 3 aromatic carbocycles.